The molecule has 0 amide bonds. The Labute approximate surface area is 177 Å². The lowest BCUT2D eigenvalue weighted by Crippen LogP contribution is -2.37. The van der Waals surface area contributed by atoms with Gasteiger partial charge in [-0.3, -0.25) is 0 Å². The molecule has 158 valence electrons. The summed E-state index contributed by atoms with van der Waals surface area (Å²) in [6.07, 6.45) is 7.01. The molecule has 6 nitrogen and oxygen atoms in total. The quantitative estimate of drug-likeness (QED) is 0.573. The van der Waals surface area contributed by atoms with Crippen LogP contribution in [0.2, 0.25) is 0 Å². The second-order valence-electron chi connectivity index (χ2n) is 8.01. The SMILES string of the molecule is Cc1ccc(CC[C@@]2(Cn3ccnc3)OC[C@@H](COc3ccc(N)cc3)O2)c(C)c1. The second kappa shape index (κ2) is 8.90. The fourth-order valence-electron chi connectivity index (χ4n) is 3.85. The van der Waals surface area contributed by atoms with E-state index in [0.29, 0.717) is 25.4 Å². The van der Waals surface area contributed by atoms with E-state index in [1.807, 2.05) is 35.0 Å². The summed E-state index contributed by atoms with van der Waals surface area (Å²) in [5.74, 6) is 0.0721. The van der Waals surface area contributed by atoms with Gasteiger partial charge >= 0.3 is 0 Å². The van der Waals surface area contributed by atoms with Gasteiger partial charge in [-0.25, -0.2) is 4.98 Å². The van der Waals surface area contributed by atoms with Gasteiger partial charge in [0.05, 0.1) is 19.5 Å². The largest absolute Gasteiger partial charge is 0.491 e. The van der Waals surface area contributed by atoms with E-state index in [9.17, 15) is 0 Å². The molecule has 4 rings (SSSR count). The van der Waals surface area contributed by atoms with Crippen LogP contribution in [0.5, 0.6) is 5.75 Å². The zero-order valence-electron chi connectivity index (χ0n) is 17.6. The number of nitrogens with two attached hydrogens (primary N) is 1. The summed E-state index contributed by atoms with van der Waals surface area (Å²) in [5.41, 5.74) is 10.3. The molecule has 0 bridgehead atoms. The number of hydrogen-bond donors (Lipinski definition) is 1. The normalized spacial score (nSPS) is 21.1. The first kappa shape index (κ1) is 20.4. The van der Waals surface area contributed by atoms with Crippen molar-refractivity contribution < 1.29 is 14.2 Å². The summed E-state index contributed by atoms with van der Waals surface area (Å²) in [5, 5.41) is 0. The van der Waals surface area contributed by atoms with E-state index in [1.54, 1.807) is 12.5 Å². The topological polar surface area (TPSA) is 71.5 Å². The standard InChI is InChI=1S/C24H29N3O3/c1-18-3-4-20(19(2)13-18)9-10-24(16-27-12-11-26-17-27)29-15-23(30-24)14-28-22-7-5-21(25)6-8-22/h3-8,11-13,17,23H,9-10,14-16,25H2,1-2H3/t23-,24-/m1/s1. The van der Waals surface area contributed by atoms with Crippen molar-refractivity contribution in [2.75, 3.05) is 18.9 Å². The van der Waals surface area contributed by atoms with Crippen molar-refractivity contribution in [3.63, 3.8) is 0 Å². The number of nitrogen functional groups attached to an aromatic ring is 1. The Hall–Kier alpha value is -2.83. The zero-order chi connectivity index (χ0) is 21.0. The minimum absolute atomic E-state index is 0.134. The molecule has 1 saturated heterocycles. The molecule has 6 heteroatoms. The Morgan fingerprint density at radius 3 is 2.77 bits per heavy atom. The molecule has 0 aliphatic carbocycles. The average molecular weight is 408 g/mol. The summed E-state index contributed by atoms with van der Waals surface area (Å²) in [7, 11) is 0. The molecular weight excluding hydrogens is 378 g/mol. The van der Waals surface area contributed by atoms with Crippen molar-refractivity contribution in [3.8, 4) is 5.75 Å². The number of imidazole rings is 1. The summed E-state index contributed by atoms with van der Waals surface area (Å²) in [6, 6.07) is 14.0. The van der Waals surface area contributed by atoms with E-state index >= 15 is 0 Å². The fraction of sp³-hybridized carbons (Fsp3) is 0.375. The minimum atomic E-state index is -0.701. The minimum Gasteiger partial charge on any atom is -0.491 e. The maximum Gasteiger partial charge on any atom is 0.187 e. The molecule has 0 spiro atoms. The Bertz CT molecular complexity index is 956. The van der Waals surface area contributed by atoms with Crippen molar-refractivity contribution in [3.05, 3.63) is 77.9 Å². The van der Waals surface area contributed by atoms with Gasteiger partial charge in [0.25, 0.3) is 0 Å². The number of aryl methyl sites for hydroxylation is 3. The predicted molar refractivity (Wildman–Crippen MR) is 116 cm³/mol. The van der Waals surface area contributed by atoms with Crippen LogP contribution in [0.4, 0.5) is 5.69 Å². The molecule has 0 unspecified atom stereocenters. The van der Waals surface area contributed by atoms with Crippen molar-refractivity contribution in [2.45, 2.75) is 45.1 Å². The highest BCUT2D eigenvalue weighted by molar-refractivity contribution is 5.41. The van der Waals surface area contributed by atoms with Crippen LogP contribution < -0.4 is 10.5 Å². The van der Waals surface area contributed by atoms with Gasteiger partial charge in [-0.15, -0.1) is 0 Å². The molecular formula is C24H29N3O3. The van der Waals surface area contributed by atoms with Crippen LogP contribution >= 0.6 is 0 Å². The van der Waals surface area contributed by atoms with Crippen molar-refractivity contribution in [1.82, 2.24) is 9.55 Å². The smallest absolute Gasteiger partial charge is 0.187 e. The highest BCUT2D eigenvalue weighted by Crippen LogP contribution is 2.32. The summed E-state index contributed by atoms with van der Waals surface area (Å²) < 4.78 is 20.6. The molecule has 1 fully saturated rings. The fourth-order valence-corrected chi connectivity index (χ4v) is 3.85. The number of rotatable bonds is 8. The molecule has 0 saturated carbocycles. The number of ether oxygens (including phenoxy) is 3. The van der Waals surface area contributed by atoms with Gasteiger partial charge in [0.2, 0.25) is 0 Å². The molecule has 1 aliphatic heterocycles. The molecule has 2 heterocycles. The first-order chi connectivity index (χ1) is 14.5. The van der Waals surface area contributed by atoms with E-state index in [0.717, 1.165) is 18.6 Å². The van der Waals surface area contributed by atoms with Crippen molar-refractivity contribution in [1.29, 1.82) is 0 Å². The Kier molecular flexibility index (Phi) is 6.06. The second-order valence-corrected chi connectivity index (χ2v) is 8.01. The first-order valence-electron chi connectivity index (χ1n) is 10.3. The molecule has 2 N–H and O–H groups in total. The Morgan fingerprint density at radius 2 is 2.03 bits per heavy atom. The highest BCUT2D eigenvalue weighted by Gasteiger charge is 2.42. The molecule has 1 aliphatic rings. The van der Waals surface area contributed by atoms with Crippen LogP contribution in [0.3, 0.4) is 0 Å². The molecule has 3 aromatic rings. The van der Waals surface area contributed by atoms with Gasteiger partial charge in [0, 0.05) is 24.5 Å². The van der Waals surface area contributed by atoms with Gasteiger partial charge in [0.15, 0.2) is 5.79 Å². The third-order valence-electron chi connectivity index (χ3n) is 5.49. The van der Waals surface area contributed by atoms with Crippen molar-refractivity contribution in [2.24, 2.45) is 0 Å². The van der Waals surface area contributed by atoms with E-state index in [-0.39, 0.29) is 6.10 Å². The summed E-state index contributed by atoms with van der Waals surface area (Å²) >= 11 is 0. The van der Waals surface area contributed by atoms with E-state index in [4.69, 9.17) is 19.9 Å². The van der Waals surface area contributed by atoms with E-state index in [1.165, 1.54) is 16.7 Å². The average Bonchev–Trinajstić information content (AvgIpc) is 3.38. The lowest BCUT2D eigenvalue weighted by atomic mass is 9.98. The van der Waals surface area contributed by atoms with Gasteiger partial charge in [-0.2, -0.15) is 0 Å². The predicted octanol–water partition coefficient (Wildman–Crippen LogP) is 3.91. The molecule has 2 aromatic carbocycles. The summed E-state index contributed by atoms with van der Waals surface area (Å²) in [6.45, 7) is 5.79. The molecule has 1 aromatic heterocycles. The monoisotopic (exact) mass is 407 g/mol. The summed E-state index contributed by atoms with van der Waals surface area (Å²) in [4.78, 5) is 4.16. The third-order valence-corrected chi connectivity index (χ3v) is 5.49. The van der Waals surface area contributed by atoms with Crippen molar-refractivity contribution >= 4 is 5.69 Å². The van der Waals surface area contributed by atoms with Crippen LogP contribution in [-0.2, 0) is 22.4 Å². The Balaban J connectivity index is 1.42. The van der Waals surface area contributed by atoms with Crippen LogP contribution in [-0.4, -0.2) is 34.7 Å². The third kappa shape index (κ3) is 5.01. The maximum absolute atomic E-state index is 6.43. The van der Waals surface area contributed by atoms with Gasteiger partial charge < -0.3 is 24.5 Å². The zero-order valence-corrected chi connectivity index (χ0v) is 17.6. The molecule has 0 radical (unpaired) electrons. The number of anilines is 1. The lowest BCUT2D eigenvalue weighted by Gasteiger charge is -2.29. The maximum atomic E-state index is 6.43. The molecule has 2 atom stereocenters. The van der Waals surface area contributed by atoms with Crippen LogP contribution in [0.1, 0.15) is 23.1 Å². The highest BCUT2D eigenvalue weighted by atomic mass is 16.8. The van der Waals surface area contributed by atoms with Gasteiger partial charge in [-0.1, -0.05) is 23.8 Å². The Morgan fingerprint density at radius 1 is 1.20 bits per heavy atom. The van der Waals surface area contributed by atoms with E-state index < -0.39 is 5.79 Å². The van der Waals surface area contributed by atoms with Gasteiger partial charge in [0.1, 0.15) is 18.5 Å². The lowest BCUT2D eigenvalue weighted by molar-refractivity contribution is -0.184. The van der Waals surface area contributed by atoms with E-state index in [2.05, 4.69) is 37.0 Å². The van der Waals surface area contributed by atoms with Crippen LogP contribution in [0.25, 0.3) is 0 Å². The van der Waals surface area contributed by atoms with Gasteiger partial charge in [-0.05, 0) is 55.7 Å². The van der Waals surface area contributed by atoms with Crippen LogP contribution in [0.15, 0.2) is 61.2 Å². The number of nitrogens with zero attached hydrogens (tertiary/aromatic N) is 2. The van der Waals surface area contributed by atoms with Crippen LogP contribution in [0, 0.1) is 13.8 Å². The first-order valence-corrected chi connectivity index (χ1v) is 10.3. The number of hydrogen-bond acceptors (Lipinski definition) is 5. The molecule has 30 heavy (non-hydrogen) atoms. The number of benzene rings is 2. The number of aromatic nitrogens is 2.